The maximum absolute atomic E-state index is 12.3. The van der Waals surface area contributed by atoms with Crippen LogP contribution in [0.3, 0.4) is 0 Å². The van der Waals surface area contributed by atoms with Crippen molar-refractivity contribution in [2.45, 2.75) is 51.1 Å². The van der Waals surface area contributed by atoms with Crippen molar-refractivity contribution in [3.05, 3.63) is 40.8 Å². The number of aromatic nitrogens is 2. The number of amides is 1. The van der Waals surface area contributed by atoms with E-state index >= 15 is 0 Å². The van der Waals surface area contributed by atoms with Gasteiger partial charge in [-0.25, -0.2) is 4.68 Å². The summed E-state index contributed by atoms with van der Waals surface area (Å²) in [6.45, 7) is 1.28. The molecule has 0 spiro atoms. The summed E-state index contributed by atoms with van der Waals surface area (Å²) in [5.74, 6) is -0.187. The Morgan fingerprint density at radius 3 is 2.68 bits per heavy atom. The van der Waals surface area contributed by atoms with Crippen LogP contribution in [-0.4, -0.2) is 34.8 Å². The minimum Gasteiger partial charge on any atom is -0.353 e. The van der Waals surface area contributed by atoms with E-state index in [0.717, 1.165) is 11.9 Å². The highest BCUT2D eigenvalue weighted by molar-refractivity contribution is 5.81. The molecule has 1 aliphatic carbocycles. The fourth-order valence-electron chi connectivity index (χ4n) is 3.39. The summed E-state index contributed by atoms with van der Waals surface area (Å²) in [7, 11) is 0. The van der Waals surface area contributed by atoms with E-state index in [1.807, 2.05) is 18.2 Å². The number of nitrogens with one attached hydrogen (secondary N) is 2. The zero-order valence-electron chi connectivity index (χ0n) is 14.5. The minimum atomic E-state index is -0.232. The van der Waals surface area contributed by atoms with Gasteiger partial charge in [-0.3, -0.25) is 9.59 Å². The molecule has 1 amide bonds. The van der Waals surface area contributed by atoms with Crippen molar-refractivity contribution >= 4 is 16.7 Å². The second kappa shape index (κ2) is 8.76. The van der Waals surface area contributed by atoms with Crippen LogP contribution in [0.15, 0.2) is 35.3 Å². The van der Waals surface area contributed by atoms with Gasteiger partial charge in [-0.2, -0.15) is 5.10 Å². The molecule has 2 N–H and O–H groups in total. The highest BCUT2D eigenvalue weighted by Crippen LogP contribution is 2.16. The van der Waals surface area contributed by atoms with Crippen LogP contribution < -0.4 is 16.2 Å². The predicted octanol–water partition coefficient (Wildman–Crippen LogP) is 1.83. The van der Waals surface area contributed by atoms with Crippen molar-refractivity contribution in [3.63, 3.8) is 0 Å². The molecule has 134 valence electrons. The summed E-state index contributed by atoms with van der Waals surface area (Å²) in [5, 5.41) is 11.8. The molecule has 1 aliphatic rings. The van der Waals surface area contributed by atoms with E-state index in [2.05, 4.69) is 15.7 Å². The zero-order valence-corrected chi connectivity index (χ0v) is 14.5. The fraction of sp³-hybridized carbons (Fsp3) is 0.526. The van der Waals surface area contributed by atoms with Gasteiger partial charge in [-0.15, -0.1) is 0 Å². The molecule has 6 nitrogen and oxygen atoms in total. The van der Waals surface area contributed by atoms with Crippen LogP contribution in [0.2, 0.25) is 0 Å². The van der Waals surface area contributed by atoms with Crippen LogP contribution in [0, 0.1) is 0 Å². The molecule has 0 atom stereocenters. The fourth-order valence-corrected chi connectivity index (χ4v) is 3.39. The SMILES string of the molecule is O=C(Cn1ncc2ccccc2c1=O)NCCNC1CCCCCC1. The first-order valence-corrected chi connectivity index (χ1v) is 9.19. The third-order valence-corrected chi connectivity index (χ3v) is 4.79. The zero-order chi connectivity index (χ0) is 17.5. The number of benzene rings is 1. The molecule has 0 bridgehead atoms. The summed E-state index contributed by atoms with van der Waals surface area (Å²) in [4.78, 5) is 24.4. The lowest BCUT2D eigenvalue weighted by molar-refractivity contribution is -0.121. The van der Waals surface area contributed by atoms with Crippen molar-refractivity contribution in [3.8, 4) is 0 Å². The first-order chi connectivity index (χ1) is 12.2. The van der Waals surface area contributed by atoms with Crippen molar-refractivity contribution < 1.29 is 4.79 Å². The number of fused-ring (bicyclic) bond motifs is 1. The average Bonchev–Trinajstić information content (AvgIpc) is 2.90. The summed E-state index contributed by atoms with van der Waals surface area (Å²) in [5.41, 5.74) is -0.232. The third-order valence-electron chi connectivity index (χ3n) is 4.79. The first kappa shape index (κ1) is 17.6. The molecule has 1 saturated carbocycles. The Morgan fingerprint density at radius 2 is 1.88 bits per heavy atom. The van der Waals surface area contributed by atoms with E-state index in [4.69, 9.17) is 0 Å². The number of hydrogen-bond acceptors (Lipinski definition) is 4. The summed E-state index contributed by atoms with van der Waals surface area (Å²) in [6.07, 6.45) is 9.33. The van der Waals surface area contributed by atoms with Crippen molar-refractivity contribution in [2.75, 3.05) is 13.1 Å². The van der Waals surface area contributed by atoms with Crippen LogP contribution in [-0.2, 0) is 11.3 Å². The molecule has 0 unspecified atom stereocenters. The van der Waals surface area contributed by atoms with Crippen molar-refractivity contribution in [1.82, 2.24) is 20.4 Å². The van der Waals surface area contributed by atoms with Gasteiger partial charge in [0.2, 0.25) is 5.91 Å². The average molecular weight is 342 g/mol. The Hall–Kier alpha value is -2.21. The highest BCUT2D eigenvalue weighted by Gasteiger charge is 2.11. The van der Waals surface area contributed by atoms with Crippen LogP contribution in [0.1, 0.15) is 38.5 Å². The molecule has 1 aromatic heterocycles. The lowest BCUT2D eigenvalue weighted by Crippen LogP contribution is -2.39. The predicted molar refractivity (Wildman–Crippen MR) is 98.5 cm³/mol. The standard InChI is InChI=1S/C19H26N4O2/c24-18(21-12-11-20-16-8-3-1-2-4-9-16)14-23-19(25)17-10-6-5-7-15(17)13-22-23/h5-7,10,13,16,20H,1-4,8-9,11-12,14H2,(H,21,24). The summed E-state index contributed by atoms with van der Waals surface area (Å²) in [6, 6.07) is 7.84. The molecule has 3 rings (SSSR count). The summed E-state index contributed by atoms with van der Waals surface area (Å²) >= 11 is 0. The van der Waals surface area contributed by atoms with Gasteiger partial charge in [0.25, 0.3) is 5.56 Å². The Kier molecular flexibility index (Phi) is 6.17. The molecule has 0 saturated heterocycles. The van der Waals surface area contributed by atoms with Gasteiger partial charge in [0.05, 0.1) is 11.6 Å². The molecule has 2 aromatic rings. The Labute approximate surface area is 147 Å². The van der Waals surface area contributed by atoms with E-state index in [0.29, 0.717) is 18.0 Å². The molecule has 1 fully saturated rings. The van der Waals surface area contributed by atoms with Gasteiger partial charge in [0.1, 0.15) is 6.54 Å². The number of hydrogen-bond donors (Lipinski definition) is 2. The molecular formula is C19H26N4O2. The molecule has 0 radical (unpaired) electrons. The van der Waals surface area contributed by atoms with Gasteiger partial charge in [-0.1, -0.05) is 43.9 Å². The molecule has 1 aromatic carbocycles. The van der Waals surface area contributed by atoms with Gasteiger partial charge in [0, 0.05) is 24.5 Å². The maximum Gasteiger partial charge on any atom is 0.275 e. The Morgan fingerprint density at radius 1 is 1.12 bits per heavy atom. The molecular weight excluding hydrogens is 316 g/mol. The van der Waals surface area contributed by atoms with Crippen LogP contribution in [0.5, 0.6) is 0 Å². The number of rotatable bonds is 6. The van der Waals surface area contributed by atoms with Gasteiger partial charge in [-0.05, 0) is 18.9 Å². The van der Waals surface area contributed by atoms with E-state index in [1.54, 1.807) is 12.3 Å². The molecule has 25 heavy (non-hydrogen) atoms. The monoisotopic (exact) mass is 342 g/mol. The largest absolute Gasteiger partial charge is 0.353 e. The third kappa shape index (κ3) is 4.89. The quantitative estimate of drug-likeness (QED) is 0.620. The maximum atomic E-state index is 12.3. The summed E-state index contributed by atoms with van der Waals surface area (Å²) < 4.78 is 1.22. The van der Waals surface area contributed by atoms with E-state index in [-0.39, 0.29) is 18.0 Å². The van der Waals surface area contributed by atoms with Crippen molar-refractivity contribution in [2.24, 2.45) is 0 Å². The number of nitrogens with zero attached hydrogens (tertiary/aromatic N) is 2. The van der Waals surface area contributed by atoms with Crippen LogP contribution in [0.4, 0.5) is 0 Å². The lowest BCUT2D eigenvalue weighted by Gasteiger charge is -2.16. The topological polar surface area (TPSA) is 76.0 Å². The molecule has 6 heteroatoms. The van der Waals surface area contributed by atoms with Crippen LogP contribution in [0.25, 0.3) is 10.8 Å². The second-order valence-electron chi connectivity index (χ2n) is 6.69. The Bertz CT molecular complexity index is 763. The number of carbonyl (C=O) groups is 1. The van der Waals surface area contributed by atoms with Gasteiger partial charge < -0.3 is 10.6 Å². The highest BCUT2D eigenvalue weighted by atomic mass is 16.2. The minimum absolute atomic E-state index is 0.0485. The number of carbonyl (C=O) groups excluding carboxylic acids is 1. The van der Waals surface area contributed by atoms with Crippen molar-refractivity contribution in [1.29, 1.82) is 0 Å². The van der Waals surface area contributed by atoms with E-state index < -0.39 is 0 Å². The lowest BCUT2D eigenvalue weighted by atomic mass is 10.1. The molecule has 0 aliphatic heterocycles. The Balaban J connectivity index is 1.46. The first-order valence-electron chi connectivity index (χ1n) is 9.19. The smallest absolute Gasteiger partial charge is 0.275 e. The van der Waals surface area contributed by atoms with E-state index in [9.17, 15) is 9.59 Å². The molecule has 1 heterocycles. The van der Waals surface area contributed by atoms with E-state index in [1.165, 1.54) is 43.2 Å². The van der Waals surface area contributed by atoms with Crippen LogP contribution >= 0.6 is 0 Å². The second-order valence-corrected chi connectivity index (χ2v) is 6.69. The normalized spacial score (nSPS) is 15.8. The van der Waals surface area contributed by atoms with Gasteiger partial charge >= 0.3 is 0 Å². The van der Waals surface area contributed by atoms with Gasteiger partial charge in [0.15, 0.2) is 0 Å².